The van der Waals surface area contributed by atoms with Gasteiger partial charge in [-0.1, -0.05) is 41.4 Å². The minimum Gasteiger partial charge on any atom is -0.319 e. The van der Waals surface area contributed by atoms with Crippen LogP contribution in [0.4, 0.5) is 5.69 Å². The van der Waals surface area contributed by atoms with Crippen molar-refractivity contribution in [2.45, 2.75) is 6.92 Å². The van der Waals surface area contributed by atoms with Crippen molar-refractivity contribution in [3.8, 4) is 17.1 Å². The van der Waals surface area contributed by atoms with Crippen molar-refractivity contribution in [2.75, 3.05) is 5.32 Å². The van der Waals surface area contributed by atoms with Crippen LogP contribution in [0.1, 0.15) is 16.2 Å². The second-order valence-corrected chi connectivity index (χ2v) is 7.35. The van der Waals surface area contributed by atoms with Gasteiger partial charge in [0.15, 0.2) is 5.82 Å². The van der Waals surface area contributed by atoms with Gasteiger partial charge in [0.2, 0.25) is 5.82 Å². The minimum atomic E-state index is -0.422. The van der Waals surface area contributed by atoms with Gasteiger partial charge in [-0.2, -0.15) is 0 Å². The molecular weight excluding hydrogens is 407 g/mol. The predicted molar refractivity (Wildman–Crippen MR) is 116 cm³/mol. The first-order chi connectivity index (χ1) is 14.0. The number of rotatable bonds is 4. The lowest BCUT2D eigenvalue weighted by Gasteiger charge is -2.06. The summed E-state index contributed by atoms with van der Waals surface area (Å²) in [6.07, 6.45) is 0. The zero-order valence-corrected chi connectivity index (χ0v) is 16.9. The van der Waals surface area contributed by atoms with E-state index in [0.29, 0.717) is 21.6 Å². The van der Waals surface area contributed by atoms with Gasteiger partial charge in [-0.05, 0) is 67.1 Å². The Hall–Kier alpha value is -3.15. The molecule has 0 aliphatic carbocycles. The maximum atomic E-state index is 12.8. The SMILES string of the molecule is Cc1cccc(-n2nc(C(=O)Nc3cccc(Cl)c3)nc2-c2ccc(Cl)cc2)c1. The summed E-state index contributed by atoms with van der Waals surface area (Å²) in [5, 5.41) is 8.40. The fourth-order valence-electron chi connectivity index (χ4n) is 2.89. The van der Waals surface area contributed by atoms with E-state index in [9.17, 15) is 4.79 Å². The topological polar surface area (TPSA) is 59.8 Å². The fourth-order valence-corrected chi connectivity index (χ4v) is 3.20. The van der Waals surface area contributed by atoms with Crippen LogP contribution < -0.4 is 5.32 Å². The van der Waals surface area contributed by atoms with E-state index in [2.05, 4.69) is 15.4 Å². The molecule has 1 aromatic heterocycles. The van der Waals surface area contributed by atoms with Gasteiger partial charge in [0, 0.05) is 21.3 Å². The van der Waals surface area contributed by atoms with Gasteiger partial charge in [0.25, 0.3) is 5.91 Å². The van der Waals surface area contributed by atoms with Crippen molar-refractivity contribution in [1.82, 2.24) is 14.8 Å². The smallest absolute Gasteiger partial charge is 0.295 e. The zero-order valence-electron chi connectivity index (χ0n) is 15.4. The molecule has 0 fully saturated rings. The molecule has 4 rings (SSSR count). The van der Waals surface area contributed by atoms with Gasteiger partial charge in [0.05, 0.1) is 5.69 Å². The maximum Gasteiger partial charge on any atom is 0.295 e. The van der Waals surface area contributed by atoms with Gasteiger partial charge in [0.1, 0.15) is 0 Å². The lowest BCUT2D eigenvalue weighted by molar-refractivity contribution is 0.101. The monoisotopic (exact) mass is 422 g/mol. The van der Waals surface area contributed by atoms with Crippen molar-refractivity contribution >= 4 is 34.8 Å². The molecule has 0 aliphatic heterocycles. The standard InChI is InChI=1S/C22H16Cl2N4O/c1-14-4-2-7-19(12-14)28-21(15-8-10-16(23)11-9-15)26-20(27-28)22(29)25-18-6-3-5-17(24)13-18/h2-13H,1H3,(H,25,29). The summed E-state index contributed by atoms with van der Waals surface area (Å²) in [7, 11) is 0. The molecule has 0 saturated carbocycles. The molecule has 0 spiro atoms. The van der Waals surface area contributed by atoms with Crippen LogP contribution in [0.25, 0.3) is 17.1 Å². The normalized spacial score (nSPS) is 10.7. The fraction of sp³-hybridized carbons (Fsp3) is 0.0455. The molecule has 29 heavy (non-hydrogen) atoms. The van der Waals surface area contributed by atoms with Crippen molar-refractivity contribution in [2.24, 2.45) is 0 Å². The molecule has 144 valence electrons. The van der Waals surface area contributed by atoms with Crippen LogP contribution in [0.5, 0.6) is 0 Å². The molecular formula is C22H16Cl2N4O. The van der Waals surface area contributed by atoms with Gasteiger partial charge in [-0.15, -0.1) is 5.10 Å². The lowest BCUT2D eigenvalue weighted by Crippen LogP contribution is -2.14. The molecule has 0 atom stereocenters. The highest BCUT2D eigenvalue weighted by molar-refractivity contribution is 6.31. The number of amides is 1. The van der Waals surface area contributed by atoms with E-state index in [-0.39, 0.29) is 5.82 Å². The van der Waals surface area contributed by atoms with Crippen molar-refractivity contribution in [1.29, 1.82) is 0 Å². The number of hydrogen-bond acceptors (Lipinski definition) is 3. The Kier molecular flexibility index (Phi) is 5.34. The van der Waals surface area contributed by atoms with Crippen LogP contribution >= 0.6 is 23.2 Å². The quantitative estimate of drug-likeness (QED) is 0.451. The number of carbonyl (C=O) groups is 1. The Labute approximate surface area is 177 Å². The van der Waals surface area contributed by atoms with Crippen LogP contribution in [-0.2, 0) is 0 Å². The van der Waals surface area contributed by atoms with Crippen LogP contribution in [-0.4, -0.2) is 20.7 Å². The molecule has 4 aromatic rings. The van der Waals surface area contributed by atoms with E-state index in [0.717, 1.165) is 16.8 Å². The summed E-state index contributed by atoms with van der Waals surface area (Å²) in [5.41, 5.74) is 3.25. The van der Waals surface area contributed by atoms with E-state index in [1.54, 1.807) is 41.1 Å². The summed E-state index contributed by atoms with van der Waals surface area (Å²) in [6.45, 7) is 2.00. The van der Waals surface area contributed by atoms with Crippen LogP contribution in [0.15, 0.2) is 72.8 Å². The number of hydrogen-bond donors (Lipinski definition) is 1. The molecule has 0 unspecified atom stereocenters. The van der Waals surface area contributed by atoms with Crippen LogP contribution in [0, 0.1) is 6.92 Å². The highest BCUT2D eigenvalue weighted by Gasteiger charge is 2.19. The highest BCUT2D eigenvalue weighted by atomic mass is 35.5. The second kappa shape index (κ2) is 8.07. The van der Waals surface area contributed by atoms with E-state index < -0.39 is 5.91 Å². The summed E-state index contributed by atoms with van der Waals surface area (Å²) in [6, 6.07) is 22.0. The Morgan fingerprint density at radius 2 is 1.69 bits per heavy atom. The molecule has 1 N–H and O–H groups in total. The summed E-state index contributed by atoms with van der Waals surface area (Å²) in [5.74, 6) is 0.175. The maximum absolute atomic E-state index is 12.8. The Morgan fingerprint density at radius 3 is 2.41 bits per heavy atom. The first-order valence-electron chi connectivity index (χ1n) is 8.86. The average Bonchev–Trinajstić information content (AvgIpc) is 3.14. The largest absolute Gasteiger partial charge is 0.319 e. The molecule has 0 aliphatic rings. The zero-order chi connectivity index (χ0) is 20.4. The number of nitrogens with zero attached hydrogens (tertiary/aromatic N) is 3. The first kappa shape index (κ1) is 19.2. The Bertz CT molecular complexity index is 1190. The summed E-state index contributed by atoms with van der Waals surface area (Å²) >= 11 is 12.0. The van der Waals surface area contributed by atoms with E-state index in [4.69, 9.17) is 23.2 Å². The van der Waals surface area contributed by atoms with E-state index >= 15 is 0 Å². The predicted octanol–water partition coefficient (Wildman–Crippen LogP) is 5.80. The lowest BCUT2D eigenvalue weighted by atomic mass is 10.2. The average molecular weight is 423 g/mol. The van der Waals surface area contributed by atoms with Crippen molar-refractivity contribution < 1.29 is 4.79 Å². The molecule has 0 radical (unpaired) electrons. The number of halogens is 2. The summed E-state index contributed by atoms with van der Waals surface area (Å²) < 4.78 is 1.66. The third-order valence-electron chi connectivity index (χ3n) is 4.24. The number of benzene rings is 3. The first-order valence-corrected chi connectivity index (χ1v) is 9.62. The van der Waals surface area contributed by atoms with E-state index in [1.807, 2.05) is 43.3 Å². The van der Waals surface area contributed by atoms with Gasteiger partial charge >= 0.3 is 0 Å². The summed E-state index contributed by atoms with van der Waals surface area (Å²) in [4.78, 5) is 17.3. The van der Waals surface area contributed by atoms with E-state index in [1.165, 1.54) is 0 Å². The number of aromatic nitrogens is 3. The Balaban J connectivity index is 1.76. The highest BCUT2D eigenvalue weighted by Crippen LogP contribution is 2.24. The molecule has 3 aromatic carbocycles. The molecule has 1 heterocycles. The van der Waals surface area contributed by atoms with Crippen LogP contribution in [0.2, 0.25) is 10.0 Å². The van der Waals surface area contributed by atoms with Crippen molar-refractivity contribution in [3.05, 3.63) is 94.2 Å². The number of nitrogens with one attached hydrogen (secondary N) is 1. The third kappa shape index (κ3) is 4.31. The molecule has 7 heteroatoms. The minimum absolute atomic E-state index is 0.0523. The second-order valence-electron chi connectivity index (χ2n) is 6.48. The van der Waals surface area contributed by atoms with Gasteiger partial charge in [-0.25, -0.2) is 9.67 Å². The number of anilines is 1. The molecule has 1 amide bonds. The number of carbonyl (C=O) groups excluding carboxylic acids is 1. The third-order valence-corrected chi connectivity index (χ3v) is 4.73. The number of aryl methyl sites for hydroxylation is 1. The van der Waals surface area contributed by atoms with Gasteiger partial charge in [-0.3, -0.25) is 4.79 Å². The molecule has 5 nitrogen and oxygen atoms in total. The van der Waals surface area contributed by atoms with Crippen molar-refractivity contribution in [3.63, 3.8) is 0 Å². The molecule has 0 bridgehead atoms. The van der Waals surface area contributed by atoms with Gasteiger partial charge < -0.3 is 5.32 Å². The molecule has 0 saturated heterocycles. The Morgan fingerprint density at radius 1 is 0.931 bits per heavy atom. The van der Waals surface area contributed by atoms with Crippen LogP contribution in [0.3, 0.4) is 0 Å².